The zero-order chi connectivity index (χ0) is 21.0. The highest BCUT2D eigenvalue weighted by molar-refractivity contribution is 6.04. The number of hydrogen-bond donors (Lipinski definition) is 1. The second-order valence-electron chi connectivity index (χ2n) is 7.25. The first-order valence-electron chi connectivity index (χ1n) is 9.24. The second kappa shape index (κ2) is 8.87. The fraction of sp³-hybridized carbons (Fsp3) is 0.409. The number of rotatable bonds is 8. The lowest BCUT2D eigenvalue weighted by Gasteiger charge is -2.14. The number of aromatic amines is 1. The summed E-state index contributed by atoms with van der Waals surface area (Å²) in [5.41, 5.74) is 4.02. The fourth-order valence-corrected chi connectivity index (χ4v) is 3.20. The molecule has 0 saturated heterocycles. The standard InChI is InChI=1S/C22H27NO5/c1-12(2)17-8-7-13(3)9-19(17)27-11-20(26)28-10-18(25)22-14(4)21(16(6)24)15(5)23-22/h7-9,12,23H,10-11H2,1-6H3. The highest BCUT2D eigenvalue weighted by Gasteiger charge is 2.21. The lowest BCUT2D eigenvalue weighted by atomic mass is 10.0. The zero-order valence-corrected chi connectivity index (χ0v) is 17.3. The maximum atomic E-state index is 12.4. The molecule has 0 atom stereocenters. The monoisotopic (exact) mass is 385 g/mol. The molecule has 0 amide bonds. The highest BCUT2D eigenvalue weighted by atomic mass is 16.6. The summed E-state index contributed by atoms with van der Waals surface area (Å²) < 4.78 is 10.7. The smallest absolute Gasteiger partial charge is 0.344 e. The van der Waals surface area contributed by atoms with E-state index in [1.165, 1.54) is 6.92 Å². The molecule has 1 aromatic heterocycles. The van der Waals surface area contributed by atoms with Gasteiger partial charge in [-0.15, -0.1) is 0 Å². The Morgan fingerprint density at radius 2 is 1.75 bits per heavy atom. The van der Waals surface area contributed by atoms with Gasteiger partial charge in [0.15, 0.2) is 19.0 Å². The zero-order valence-electron chi connectivity index (χ0n) is 17.3. The summed E-state index contributed by atoms with van der Waals surface area (Å²) in [6, 6.07) is 5.85. The molecule has 0 fully saturated rings. The molecule has 0 spiro atoms. The Bertz CT molecular complexity index is 908. The predicted octanol–water partition coefficient (Wildman–Crippen LogP) is 4.07. The van der Waals surface area contributed by atoms with E-state index >= 15 is 0 Å². The van der Waals surface area contributed by atoms with Crippen molar-refractivity contribution in [2.75, 3.05) is 13.2 Å². The van der Waals surface area contributed by atoms with Crippen LogP contribution in [0.5, 0.6) is 5.75 Å². The average Bonchev–Trinajstić information content (AvgIpc) is 2.92. The van der Waals surface area contributed by atoms with Crippen LogP contribution in [0, 0.1) is 20.8 Å². The molecule has 2 rings (SSSR count). The van der Waals surface area contributed by atoms with Crippen LogP contribution in [0.1, 0.15) is 69.9 Å². The van der Waals surface area contributed by atoms with E-state index in [0.717, 1.165) is 11.1 Å². The van der Waals surface area contributed by atoms with Crippen LogP contribution in [0.4, 0.5) is 0 Å². The van der Waals surface area contributed by atoms with Crippen molar-refractivity contribution < 1.29 is 23.9 Å². The summed E-state index contributed by atoms with van der Waals surface area (Å²) in [5, 5.41) is 0. The van der Waals surface area contributed by atoms with Gasteiger partial charge in [0.1, 0.15) is 5.75 Å². The summed E-state index contributed by atoms with van der Waals surface area (Å²) in [7, 11) is 0. The van der Waals surface area contributed by atoms with Crippen LogP contribution in [0.25, 0.3) is 0 Å². The molecule has 0 bridgehead atoms. The Morgan fingerprint density at radius 3 is 2.32 bits per heavy atom. The molecule has 0 aliphatic heterocycles. The first kappa shape index (κ1) is 21.4. The number of nitrogens with one attached hydrogen (secondary N) is 1. The van der Waals surface area contributed by atoms with Crippen molar-refractivity contribution in [3.8, 4) is 5.75 Å². The van der Waals surface area contributed by atoms with Gasteiger partial charge in [-0.05, 0) is 56.4 Å². The van der Waals surface area contributed by atoms with Crippen LogP contribution in [-0.2, 0) is 9.53 Å². The Balaban J connectivity index is 1.97. The molecule has 0 aliphatic carbocycles. The summed E-state index contributed by atoms with van der Waals surface area (Å²) in [4.78, 5) is 39.0. The molecular formula is C22H27NO5. The average molecular weight is 385 g/mol. The maximum absolute atomic E-state index is 12.4. The van der Waals surface area contributed by atoms with E-state index in [4.69, 9.17) is 9.47 Å². The minimum Gasteiger partial charge on any atom is -0.482 e. The number of aromatic nitrogens is 1. The van der Waals surface area contributed by atoms with E-state index < -0.39 is 12.6 Å². The molecule has 0 aliphatic rings. The maximum Gasteiger partial charge on any atom is 0.344 e. The second-order valence-corrected chi connectivity index (χ2v) is 7.25. The van der Waals surface area contributed by atoms with E-state index in [9.17, 15) is 14.4 Å². The van der Waals surface area contributed by atoms with Gasteiger partial charge in [-0.2, -0.15) is 0 Å². The van der Waals surface area contributed by atoms with Crippen LogP contribution in [-0.4, -0.2) is 35.7 Å². The topological polar surface area (TPSA) is 85.5 Å². The van der Waals surface area contributed by atoms with Crippen molar-refractivity contribution in [1.82, 2.24) is 4.98 Å². The molecule has 0 radical (unpaired) electrons. The Kier molecular flexibility index (Phi) is 6.78. The Morgan fingerprint density at radius 1 is 1.07 bits per heavy atom. The van der Waals surface area contributed by atoms with Crippen molar-refractivity contribution in [3.05, 3.63) is 51.8 Å². The van der Waals surface area contributed by atoms with Crippen molar-refractivity contribution in [2.24, 2.45) is 0 Å². The third-order valence-corrected chi connectivity index (χ3v) is 4.57. The molecule has 28 heavy (non-hydrogen) atoms. The van der Waals surface area contributed by atoms with Crippen LogP contribution in [0.3, 0.4) is 0 Å². The van der Waals surface area contributed by atoms with Gasteiger partial charge >= 0.3 is 5.97 Å². The number of carbonyl (C=O) groups excluding carboxylic acids is 3. The third-order valence-electron chi connectivity index (χ3n) is 4.57. The van der Waals surface area contributed by atoms with Crippen LogP contribution < -0.4 is 4.74 Å². The largest absolute Gasteiger partial charge is 0.482 e. The minimum atomic E-state index is -0.628. The van der Waals surface area contributed by atoms with Gasteiger partial charge in [0.2, 0.25) is 5.78 Å². The van der Waals surface area contributed by atoms with Crippen molar-refractivity contribution in [3.63, 3.8) is 0 Å². The van der Waals surface area contributed by atoms with Gasteiger partial charge in [0.25, 0.3) is 0 Å². The van der Waals surface area contributed by atoms with Gasteiger partial charge in [0, 0.05) is 11.3 Å². The quantitative estimate of drug-likeness (QED) is 0.547. The van der Waals surface area contributed by atoms with E-state index in [1.54, 1.807) is 13.8 Å². The minimum absolute atomic E-state index is 0.116. The molecule has 150 valence electrons. The first-order chi connectivity index (χ1) is 13.1. The van der Waals surface area contributed by atoms with Gasteiger partial charge in [0.05, 0.1) is 5.69 Å². The molecular weight excluding hydrogens is 358 g/mol. The predicted molar refractivity (Wildman–Crippen MR) is 106 cm³/mol. The lowest BCUT2D eigenvalue weighted by molar-refractivity contribution is -0.144. The molecule has 1 aromatic carbocycles. The van der Waals surface area contributed by atoms with Gasteiger partial charge in [-0.3, -0.25) is 9.59 Å². The van der Waals surface area contributed by atoms with Gasteiger partial charge < -0.3 is 14.5 Å². The van der Waals surface area contributed by atoms with E-state index in [-0.39, 0.29) is 29.8 Å². The highest BCUT2D eigenvalue weighted by Crippen LogP contribution is 2.27. The number of carbonyl (C=O) groups is 3. The summed E-state index contributed by atoms with van der Waals surface area (Å²) in [6.45, 7) is 10.2. The number of ketones is 2. The molecule has 1 N–H and O–H groups in total. The van der Waals surface area contributed by atoms with Crippen LogP contribution in [0.2, 0.25) is 0 Å². The van der Waals surface area contributed by atoms with Crippen molar-refractivity contribution >= 4 is 17.5 Å². The summed E-state index contributed by atoms with van der Waals surface area (Å²) in [6.07, 6.45) is 0. The lowest BCUT2D eigenvalue weighted by Crippen LogP contribution is -2.20. The Labute approximate surface area is 165 Å². The molecule has 2 aromatic rings. The van der Waals surface area contributed by atoms with E-state index in [0.29, 0.717) is 22.6 Å². The molecule has 6 heteroatoms. The van der Waals surface area contributed by atoms with Gasteiger partial charge in [-0.25, -0.2) is 4.79 Å². The third kappa shape index (κ3) is 4.88. The number of H-pyrrole nitrogens is 1. The van der Waals surface area contributed by atoms with E-state index in [1.807, 2.05) is 39.0 Å². The summed E-state index contributed by atoms with van der Waals surface area (Å²) >= 11 is 0. The fourth-order valence-electron chi connectivity index (χ4n) is 3.20. The molecule has 0 saturated carbocycles. The molecule has 0 unspecified atom stereocenters. The number of aryl methyl sites for hydroxylation is 2. The number of benzene rings is 1. The van der Waals surface area contributed by atoms with Crippen molar-refractivity contribution in [2.45, 2.75) is 47.5 Å². The normalized spacial score (nSPS) is 10.8. The van der Waals surface area contributed by atoms with E-state index in [2.05, 4.69) is 4.98 Å². The SMILES string of the molecule is CC(=O)c1c(C)[nH]c(C(=O)COC(=O)COc2cc(C)ccc2C(C)C)c1C. The summed E-state index contributed by atoms with van der Waals surface area (Å²) in [5.74, 6) is -0.241. The molecule has 1 heterocycles. The Hall–Kier alpha value is -2.89. The molecule has 6 nitrogen and oxygen atoms in total. The van der Waals surface area contributed by atoms with Crippen LogP contribution in [0.15, 0.2) is 18.2 Å². The van der Waals surface area contributed by atoms with Crippen LogP contribution >= 0.6 is 0 Å². The number of esters is 1. The first-order valence-corrected chi connectivity index (χ1v) is 9.24. The number of ether oxygens (including phenoxy) is 2. The van der Waals surface area contributed by atoms with Gasteiger partial charge in [-0.1, -0.05) is 26.0 Å². The number of hydrogen-bond acceptors (Lipinski definition) is 5. The van der Waals surface area contributed by atoms with Crippen molar-refractivity contribution in [1.29, 1.82) is 0 Å². The number of Topliss-reactive ketones (excluding diaryl/α,β-unsaturated/α-hetero) is 2.